The molecule has 0 atom stereocenters. The number of carbonyl (C=O) groups excluding carboxylic acids is 1. The number of hydrogen-bond donors (Lipinski definition) is 1. The Bertz CT molecular complexity index is 912. The Hall–Kier alpha value is -2.41. The summed E-state index contributed by atoms with van der Waals surface area (Å²) in [6, 6.07) is 10.9. The van der Waals surface area contributed by atoms with Gasteiger partial charge in [-0.2, -0.15) is 0 Å². The van der Waals surface area contributed by atoms with Gasteiger partial charge in [0, 0.05) is 12.2 Å². The molecule has 1 aliphatic rings. The number of nitrogens with zero attached hydrogens (tertiary/aromatic N) is 1. The van der Waals surface area contributed by atoms with Crippen molar-refractivity contribution in [2.75, 3.05) is 21.9 Å². The predicted molar refractivity (Wildman–Crippen MR) is 95.9 cm³/mol. The molecule has 0 saturated heterocycles. The van der Waals surface area contributed by atoms with E-state index in [-0.39, 0.29) is 11.3 Å². The summed E-state index contributed by atoms with van der Waals surface area (Å²) in [5.41, 5.74) is 1.99. The maximum atomic E-state index is 13.7. The highest BCUT2D eigenvalue weighted by atomic mass is 32.2. The van der Waals surface area contributed by atoms with Crippen LogP contribution >= 0.6 is 0 Å². The van der Waals surface area contributed by atoms with Crippen LogP contribution in [0.25, 0.3) is 0 Å². The van der Waals surface area contributed by atoms with Crippen LogP contribution in [-0.4, -0.2) is 26.6 Å². The van der Waals surface area contributed by atoms with Crippen molar-refractivity contribution in [3.8, 4) is 0 Å². The van der Waals surface area contributed by atoms with Crippen LogP contribution in [0.2, 0.25) is 0 Å². The second kappa shape index (κ2) is 6.84. The molecule has 25 heavy (non-hydrogen) atoms. The Morgan fingerprint density at radius 2 is 2.00 bits per heavy atom. The molecule has 1 N–H and O–H groups in total. The van der Waals surface area contributed by atoms with Gasteiger partial charge >= 0.3 is 0 Å². The van der Waals surface area contributed by atoms with E-state index < -0.39 is 21.7 Å². The van der Waals surface area contributed by atoms with E-state index in [1.807, 2.05) is 0 Å². The van der Waals surface area contributed by atoms with Crippen LogP contribution in [0.3, 0.4) is 0 Å². The van der Waals surface area contributed by atoms with Gasteiger partial charge in [-0.15, -0.1) is 0 Å². The van der Waals surface area contributed by atoms with Gasteiger partial charge in [0.15, 0.2) is 0 Å². The van der Waals surface area contributed by atoms with Gasteiger partial charge in [0.05, 0.1) is 17.0 Å². The SMILES string of the molecule is CCS(=O)(=O)N1CCCc2cc(NC(=O)c3ccccc3F)ccc21. The first-order valence-electron chi connectivity index (χ1n) is 8.11. The van der Waals surface area contributed by atoms with Crippen molar-refractivity contribution in [1.29, 1.82) is 0 Å². The summed E-state index contributed by atoms with van der Waals surface area (Å²) in [4.78, 5) is 12.2. The first-order valence-corrected chi connectivity index (χ1v) is 9.72. The molecule has 2 aromatic carbocycles. The molecule has 0 aliphatic carbocycles. The molecule has 0 aromatic heterocycles. The molecule has 132 valence electrons. The zero-order valence-corrected chi connectivity index (χ0v) is 14.6. The fraction of sp³-hybridized carbons (Fsp3) is 0.278. The summed E-state index contributed by atoms with van der Waals surface area (Å²) in [6.07, 6.45) is 1.45. The van der Waals surface area contributed by atoms with Crippen molar-refractivity contribution in [3.05, 3.63) is 59.4 Å². The molecule has 0 saturated carbocycles. The average Bonchev–Trinajstić information content (AvgIpc) is 2.61. The maximum absolute atomic E-state index is 13.7. The standard InChI is InChI=1S/C18H19FN2O3S/c1-2-25(23,24)21-11-5-6-13-12-14(9-10-17(13)21)20-18(22)15-7-3-4-8-16(15)19/h3-4,7-10,12H,2,5-6,11H2,1H3,(H,20,22). The van der Waals surface area contributed by atoms with Gasteiger partial charge in [-0.1, -0.05) is 12.1 Å². The normalized spacial score (nSPS) is 14.1. The molecule has 0 spiro atoms. The molecule has 0 unspecified atom stereocenters. The van der Waals surface area contributed by atoms with Gasteiger partial charge in [0.2, 0.25) is 10.0 Å². The Kier molecular flexibility index (Phi) is 4.76. The minimum atomic E-state index is -3.32. The van der Waals surface area contributed by atoms with Gasteiger partial charge in [0.25, 0.3) is 5.91 Å². The lowest BCUT2D eigenvalue weighted by Crippen LogP contribution is -2.36. The number of rotatable bonds is 4. The molecular weight excluding hydrogens is 343 g/mol. The molecule has 0 bridgehead atoms. The van der Waals surface area contributed by atoms with Crippen molar-refractivity contribution >= 4 is 27.3 Å². The molecule has 3 rings (SSSR count). The number of benzene rings is 2. The highest BCUT2D eigenvalue weighted by molar-refractivity contribution is 7.92. The summed E-state index contributed by atoms with van der Waals surface area (Å²) < 4.78 is 39.6. The number of fused-ring (bicyclic) bond motifs is 1. The first kappa shape index (κ1) is 17.4. The lowest BCUT2D eigenvalue weighted by atomic mass is 10.0. The molecule has 5 nitrogen and oxygen atoms in total. The Labute approximate surface area is 146 Å². The third-order valence-electron chi connectivity index (χ3n) is 4.23. The number of amides is 1. The molecule has 0 radical (unpaired) electrons. The van der Waals surface area contributed by atoms with E-state index in [1.165, 1.54) is 22.5 Å². The van der Waals surface area contributed by atoms with Crippen molar-refractivity contribution in [2.24, 2.45) is 0 Å². The van der Waals surface area contributed by atoms with Crippen LogP contribution in [0.15, 0.2) is 42.5 Å². The molecule has 7 heteroatoms. The quantitative estimate of drug-likeness (QED) is 0.908. The van der Waals surface area contributed by atoms with Crippen LogP contribution in [0.4, 0.5) is 15.8 Å². The van der Waals surface area contributed by atoms with Crippen molar-refractivity contribution < 1.29 is 17.6 Å². The fourth-order valence-electron chi connectivity index (χ4n) is 2.93. The molecule has 0 fully saturated rings. The highest BCUT2D eigenvalue weighted by Gasteiger charge is 2.26. The number of carbonyl (C=O) groups is 1. The van der Waals surface area contributed by atoms with Gasteiger partial charge in [-0.3, -0.25) is 9.10 Å². The van der Waals surface area contributed by atoms with E-state index >= 15 is 0 Å². The van der Waals surface area contributed by atoms with Crippen molar-refractivity contribution in [2.45, 2.75) is 19.8 Å². The summed E-state index contributed by atoms with van der Waals surface area (Å²) in [7, 11) is -3.32. The molecule has 1 amide bonds. The van der Waals surface area contributed by atoms with E-state index in [1.54, 1.807) is 31.2 Å². The van der Waals surface area contributed by atoms with Crippen LogP contribution in [-0.2, 0) is 16.4 Å². The largest absolute Gasteiger partial charge is 0.322 e. The lowest BCUT2D eigenvalue weighted by Gasteiger charge is -2.30. The van der Waals surface area contributed by atoms with Crippen LogP contribution in [0.5, 0.6) is 0 Å². The van der Waals surface area contributed by atoms with E-state index in [0.717, 1.165) is 18.4 Å². The number of nitrogens with one attached hydrogen (secondary N) is 1. The minimum absolute atomic E-state index is 0.0320. The minimum Gasteiger partial charge on any atom is -0.322 e. The highest BCUT2D eigenvalue weighted by Crippen LogP contribution is 2.32. The van der Waals surface area contributed by atoms with Gasteiger partial charge in [-0.25, -0.2) is 12.8 Å². The van der Waals surface area contributed by atoms with Gasteiger partial charge in [-0.05, 0) is 55.7 Å². The van der Waals surface area contributed by atoms with Crippen LogP contribution < -0.4 is 9.62 Å². The Balaban J connectivity index is 1.87. The third kappa shape index (κ3) is 3.51. The van der Waals surface area contributed by atoms with E-state index in [4.69, 9.17) is 0 Å². The summed E-state index contributed by atoms with van der Waals surface area (Å²) in [5, 5.41) is 2.67. The number of hydrogen-bond acceptors (Lipinski definition) is 3. The number of halogens is 1. The first-order chi connectivity index (χ1) is 11.9. The topological polar surface area (TPSA) is 66.5 Å². The summed E-state index contributed by atoms with van der Waals surface area (Å²) >= 11 is 0. The smallest absolute Gasteiger partial charge is 0.258 e. The van der Waals surface area contributed by atoms with Gasteiger partial charge in [0.1, 0.15) is 5.82 Å². The average molecular weight is 362 g/mol. The number of aryl methyl sites for hydroxylation is 1. The molecular formula is C18H19FN2O3S. The van der Waals surface area contributed by atoms with Crippen LogP contribution in [0.1, 0.15) is 29.3 Å². The van der Waals surface area contributed by atoms with Crippen molar-refractivity contribution in [3.63, 3.8) is 0 Å². The predicted octanol–water partition coefficient (Wildman–Crippen LogP) is 3.18. The van der Waals surface area contributed by atoms with Crippen molar-refractivity contribution in [1.82, 2.24) is 0 Å². The second-order valence-corrected chi connectivity index (χ2v) is 8.04. The molecule has 2 aromatic rings. The fourth-order valence-corrected chi connectivity index (χ4v) is 4.13. The number of anilines is 2. The Morgan fingerprint density at radius 1 is 1.24 bits per heavy atom. The zero-order chi connectivity index (χ0) is 18.0. The second-order valence-electron chi connectivity index (χ2n) is 5.85. The monoisotopic (exact) mass is 362 g/mol. The van der Waals surface area contributed by atoms with Gasteiger partial charge < -0.3 is 5.32 Å². The van der Waals surface area contributed by atoms with Crippen LogP contribution in [0, 0.1) is 5.82 Å². The maximum Gasteiger partial charge on any atom is 0.258 e. The summed E-state index contributed by atoms with van der Waals surface area (Å²) in [5.74, 6) is -1.08. The lowest BCUT2D eigenvalue weighted by molar-refractivity contribution is 0.102. The number of sulfonamides is 1. The van der Waals surface area contributed by atoms with E-state index in [9.17, 15) is 17.6 Å². The van der Waals surface area contributed by atoms with E-state index in [2.05, 4.69) is 5.32 Å². The summed E-state index contributed by atoms with van der Waals surface area (Å²) in [6.45, 7) is 2.08. The molecule has 1 heterocycles. The molecule has 1 aliphatic heterocycles. The van der Waals surface area contributed by atoms with E-state index in [0.29, 0.717) is 17.9 Å². The Morgan fingerprint density at radius 3 is 2.72 bits per heavy atom. The third-order valence-corrected chi connectivity index (χ3v) is 6.01. The zero-order valence-electron chi connectivity index (χ0n) is 13.8.